The molecule has 1 unspecified atom stereocenters. The van der Waals surface area contributed by atoms with Crippen LogP contribution in [0.15, 0.2) is 28.3 Å². The minimum atomic E-state index is -0.114. The van der Waals surface area contributed by atoms with Gasteiger partial charge in [0.05, 0.1) is 17.2 Å². The van der Waals surface area contributed by atoms with Gasteiger partial charge in [-0.25, -0.2) is 0 Å². The van der Waals surface area contributed by atoms with Crippen molar-refractivity contribution in [3.63, 3.8) is 0 Å². The van der Waals surface area contributed by atoms with E-state index in [4.69, 9.17) is 0 Å². The molecule has 0 aromatic heterocycles. The summed E-state index contributed by atoms with van der Waals surface area (Å²) in [5.41, 5.74) is 6.90. The summed E-state index contributed by atoms with van der Waals surface area (Å²) in [4.78, 5) is 16.3. The van der Waals surface area contributed by atoms with Crippen LogP contribution in [0, 0.1) is 0 Å². The second-order valence-corrected chi connectivity index (χ2v) is 7.52. The first-order valence-corrected chi connectivity index (χ1v) is 8.32. The van der Waals surface area contributed by atoms with Gasteiger partial charge in [0.2, 0.25) is 5.91 Å². The number of nitrogens with zero attached hydrogens (tertiary/aromatic N) is 2. The molecule has 1 aromatic carbocycles. The summed E-state index contributed by atoms with van der Waals surface area (Å²) >= 11 is 1.65. The van der Waals surface area contributed by atoms with E-state index in [1.807, 2.05) is 19.1 Å². The van der Waals surface area contributed by atoms with E-state index in [1.54, 1.807) is 11.8 Å². The lowest BCUT2D eigenvalue weighted by Gasteiger charge is -2.19. The monoisotopic (exact) mass is 316 g/mol. The number of hydrazone groups is 1. The Morgan fingerprint density at radius 2 is 2.14 bits per heavy atom. The Morgan fingerprint density at radius 1 is 1.36 bits per heavy atom. The Balaban J connectivity index is 1.83. The fourth-order valence-electron chi connectivity index (χ4n) is 2.42. The van der Waals surface area contributed by atoms with Gasteiger partial charge in [-0.1, -0.05) is 17.8 Å². The van der Waals surface area contributed by atoms with Crippen molar-refractivity contribution in [3.8, 4) is 0 Å². The maximum Gasteiger partial charge on any atom is 0.231 e. The van der Waals surface area contributed by atoms with Crippen LogP contribution in [0.4, 0.5) is 5.69 Å². The number of hydrogen-bond acceptors (Lipinski definition) is 4. The number of anilines is 1. The summed E-state index contributed by atoms with van der Waals surface area (Å²) in [5.74, 6) is 0.735. The van der Waals surface area contributed by atoms with Crippen molar-refractivity contribution < 1.29 is 4.79 Å². The number of nitrogens with one attached hydrogen (secondary N) is 2. The van der Waals surface area contributed by atoms with Gasteiger partial charge in [0.25, 0.3) is 0 Å². The molecule has 2 aliphatic heterocycles. The average molecular weight is 316 g/mol. The number of fused-ring (bicyclic) bond motifs is 1. The average Bonchev–Trinajstić information content (AvgIpc) is 2.73. The molecule has 0 fully saturated rings. The number of rotatable bonds is 1. The van der Waals surface area contributed by atoms with Gasteiger partial charge in [-0.15, -0.1) is 0 Å². The van der Waals surface area contributed by atoms with Crippen molar-refractivity contribution in [3.05, 3.63) is 29.3 Å². The van der Waals surface area contributed by atoms with Crippen LogP contribution in [0.1, 0.15) is 44.7 Å². The van der Waals surface area contributed by atoms with Crippen LogP contribution in [-0.4, -0.2) is 28.1 Å². The largest absolute Gasteiger partial charge is 0.325 e. The molecule has 22 heavy (non-hydrogen) atoms. The molecule has 1 atom stereocenters. The Morgan fingerprint density at radius 3 is 2.77 bits per heavy atom. The summed E-state index contributed by atoms with van der Waals surface area (Å²) in [6, 6.07) is 6.02. The molecule has 2 heterocycles. The summed E-state index contributed by atoms with van der Waals surface area (Å²) in [6.45, 7) is 8.11. The first-order chi connectivity index (χ1) is 10.3. The SMILES string of the molecule is CC1C(=O)Nc2ccc(C3=NNC(=NC(C)(C)C)SC3)cc21. The molecule has 0 saturated carbocycles. The van der Waals surface area contributed by atoms with Crippen molar-refractivity contribution in [1.82, 2.24) is 5.43 Å². The van der Waals surface area contributed by atoms with Gasteiger partial charge >= 0.3 is 0 Å². The molecule has 5 nitrogen and oxygen atoms in total. The molecule has 1 aromatic rings. The molecular weight excluding hydrogens is 296 g/mol. The van der Waals surface area contributed by atoms with E-state index in [0.717, 1.165) is 33.4 Å². The van der Waals surface area contributed by atoms with Gasteiger partial charge in [0.15, 0.2) is 5.17 Å². The molecule has 6 heteroatoms. The summed E-state index contributed by atoms with van der Waals surface area (Å²) in [7, 11) is 0. The fraction of sp³-hybridized carbons (Fsp3) is 0.438. The molecule has 0 radical (unpaired) electrons. The zero-order chi connectivity index (χ0) is 15.9. The Kier molecular flexibility index (Phi) is 3.72. The third kappa shape index (κ3) is 3.02. The number of amides is 1. The van der Waals surface area contributed by atoms with Crippen molar-refractivity contribution in [2.24, 2.45) is 10.1 Å². The van der Waals surface area contributed by atoms with Gasteiger partial charge in [-0.05, 0) is 51.0 Å². The number of benzene rings is 1. The molecule has 2 aliphatic rings. The minimum absolute atomic E-state index is 0.0600. The zero-order valence-electron chi connectivity index (χ0n) is 13.2. The van der Waals surface area contributed by atoms with E-state index in [0.29, 0.717) is 0 Å². The van der Waals surface area contributed by atoms with Gasteiger partial charge in [0.1, 0.15) is 0 Å². The Labute approximate surface area is 134 Å². The lowest BCUT2D eigenvalue weighted by Crippen LogP contribution is -2.28. The highest BCUT2D eigenvalue weighted by atomic mass is 32.2. The fourth-order valence-corrected chi connectivity index (χ4v) is 3.38. The molecule has 0 aliphatic carbocycles. The molecule has 116 valence electrons. The van der Waals surface area contributed by atoms with E-state index < -0.39 is 0 Å². The Bertz CT molecular complexity index is 688. The molecular formula is C16H20N4OS. The number of carbonyl (C=O) groups is 1. The number of hydrogen-bond donors (Lipinski definition) is 2. The van der Waals surface area contributed by atoms with Gasteiger partial charge in [-0.2, -0.15) is 5.10 Å². The second kappa shape index (κ2) is 5.43. The molecule has 0 bridgehead atoms. The van der Waals surface area contributed by atoms with E-state index in [2.05, 4.69) is 47.7 Å². The first kappa shape index (κ1) is 15.1. The number of thioether (sulfide) groups is 1. The summed E-state index contributed by atoms with van der Waals surface area (Å²) in [5, 5.41) is 8.19. The smallest absolute Gasteiger partial charge is 0.231 e. The molecule has 0 spiro atoms. The van der Waals surface area contributed by atoms with Crippen LogP contribution < -0.4 is 10.7 Å². The van der Waals surface area contributed by atoms with E-state index >= 15 is 0 Å². The molecule has 2 N–H and O–H groups in total. The maximum absolute atomic E-state index is 11.7. The quantitative estimate of drug-likeness (QED) is 0.837. The zero-order valence-corrected chi connectivity index (χ0v) is 14.0. The highest BCUT2D eigenvalue weighted by Crippen LogP contribution is 2.33. The van der Waals surface area contributed by atoms with E-state index in [1.165, 1.54) is 0 Å². The van der Waals surface area contributed by atoms with Gasteiger partial charge in [0, 0.05) is 11.4 Å². The van der Waals surface area contributed by atoms with E-state index in [-0.39, 0.29) is 17.4 Å². The lowest BCUT2D eigenvalue weighted by molar-refractivity contribution is -0.116. The number of carbonyl (C=O) groups excluding carboxylic acids is 1. The predicted molar refractivity (Wildman–Crippen MR) is 92.8 cm³/mol. The van der Waals surface area contributed by atoms with Crippen LogP contribution in [0.3, 0.4) is 0 Å². The van der Waals surface area contributed by atoms with Crippen LogP contribution in [0.2, 0.25) is 0 Å². The van der Waals surface area contributed by atoms with Crippen molar-refractivity contribution in [2.75, 3.05) is 11.1 Å². The third-order valence-electron chi connectivity index (χ3n) is 3.57. The van der Waals surface area contributed by atoms with Crippen LogP contribution in [0.25, 0.3) is 0 Å². The predicted octanol–water partition coefficient (Wildman–Crippen LogP) is 2.94. The topological polar surface area (TPSA) is 65.8 Å². The number of aliphatic imine (C=N–C) groups is 1. The maximum atomic E-state index is 11.7. The van der Waals surface area contributed by atoms with Crippen LogP contribution in [-0.2, 0) is 4.79 Å². The first-order valence-electron chi connectivity index (χ1n) is 7.34. The summed E-state index contributed by atoms with van der Waals surface area (Å²) < 4.78 is 0. The third-order valence-corrected chi connectivity index (χ3v) is 4.45. The van der Waals surface area contributed by atoms with E-state index in [9.17, 15) is 4.79 Å². The molecule has 0 saturated heterocycles. The van der Waals surface area contributed by atoms with Crippen molar-refractivity contribution >= 4 is 34.2 Å². The van der Waals surface area contributed by atoms with Gasteiger partial charge < -0.3 is 5.32 Å². The highest BCUT2D eigenvalue weighted by molar-refractivity contribution is 8.14. The van der Waals surface area contributed by atoms with Crippen LogP contribution >= 0.6 is 11.8 Å². The summed E-state index contributed by atoms with van der Waals surface area (Å²) in [6.07, 6.45) is 0. The minimum Gasteiger partial charge on any atom is -0.325 e. The molecule has 1 amide bonds. The second-order valence-electron chi connectivity index (χ2n) is 6.56. The van der Waals surface area contributed by atoms with Crippen molar-refractivity contribution in [2.45, 2.75) is 39.2 Å². The molecule has 3 rings (SSSR count). The van der Waals surface area contributed by atoms with Crippen LogP contribution in [0.5, 0.6) is 0 Å². The Hall–Kier alpha value is -1.82. The number of amidine groups is 1. The lowest BCUT2D eigenvalue weighted by atomic mass is 9.99. The normalized spacial score (nSPS) is 22.9. The van der Waals surface area contributed by atoms with Gasteiger partial charge in [-0.3, -0.25) is 15.2 Å². The standard InChI is InChI=1S/C16H20N4OS/c1-9-11-7-10(5-6-12(11)17-14(9)21)13-8-22-15(20-19-13)18-16(2,3)4/h5-7,9H,8H2,1-4H3,(H,17,21)(H,18,20). The van der Waals surface area contributed by atoms with Crippen molar-refractivity contribution in [1.29, 1.82) is 0 Å². The highest BCUT2D eigenvalue weighted by Gasteiger charge is 2.27.